The van der Waals surface area contributed by atoms with E-state index in [2.05, 4.69) is 81.4 Å². The molecule has 28 nitrogen and oxygen atoms in total. The number of aliphatic hydroxyl groups is 6. The summed E-state index contributed by atoms with van der Waals surface area (Å²) in [6.07, 6.45) is 12.1. The fourth-order valence-electron chi connectivity index (χ4n) is 21.8. The zero-order valence-corrected chi connectivity index (χ0v) is 76.2. The standard InChI is InChI=1S/C48H74O14.C47H72O14/c1-11-25(2)43-28(5)17-18-47(62-43)23-34-20-33(61-47)16-15-27(4)42(26(3)13-12-14-32-24-55-45-40(49)29(6)19-35(46(51)58-34)48(32,45)52)59-39-22-37(54-10)44(31(8)57-39)60-38-21-36(53-9)41(50)30(7)56-38;1-24(2)41-27(5)16-17-46(61-41)22-33-19-32(60-46)15-14-26(4)42(25(3)12-11-13-31-23-54-44-39(48)28(6)18-34(45(50)57-33)47(31,44)51)58-38-21-36(53-10)43(30(8)56-38)59-37-20-35(52-9)40(49)29(7)55-37/h12-15,19,25-26,28,30-31,33-45,49-50,52H,11,16-18,20-24H2,1-10H3;11-14,18,24-25,27,29-30,32-44,48-49,51H,15-17,19-23H2,1-10H3/b13-12+,27-15+,32-14+;/t25-,26-,28-,30-,31-,33+,34-,35-,36-,37-,38-,39-,40+,41-,42-,43+,44-,45+,47+,48+;25-,27-,29-,30-,32+,33-,34-,35-,36-,37-,38-,39+,40-,41+,42-,43-,44+,46+,47+/m00/s1. The Morgan fingerprint density at radius 1 is 0.472 bits per heavy atom. The monoisotopic (exact) mass is 1740 g/mol. The maximum atomic E-state index is 14.4. The van der Waals surface area contributed by atoms with Crippen LogP contribution in [-0.4, -0.2) is 279 Å². The molecule has 694 valence electrons. The molecule has 14 aliphatic rings. The van der Waals surface area contributed by atoms with Crippen molar-refractivity contribution in [1.29, 1.82) is 0 Å². The van der Waals surface area contributed by atoms with E-state index in [1.54, 1.807) is 80.4 Å². The number of carbonyl (C=O) groups is 2. The van der Waals surface area contributed by atoms with Crippen molar-refractivity contribution in [3.63, 3.8) is 0 Å². The van der Waals surface area contributed by atoms with E-state index in [-0.39, 0.29) is 67.6 Å². The second-order valence-electron chi connectivity index (χ2n) is 38.6. The second-order valence-corrected chi connectivity index (χ2v) is 38.6. The summed E-state index contributed by atoms with van der Waals surface area (Å²) in [6.45, 7) is 32.5. The summed E-state index contributed by atoms with van der Waals surface area (Å²) in [7, 11) is 6.45. The average Bonchev–Trinajstić information content (AvgIpc) is 1.61. The van der Waals surface area contributed by atoms with Crippen molar-refractivity contribution in [2.45, 2.75) is 402 Å². The van der Waals surface area contributed by atoms with Crippen LogP contribution in [0.2, 0.25) is 0 Å². The summed E-state index contributed by atoms with van der Waals surface area (Å²) in [6, 6.07) is 0. The molecular formula is C95H146O28. The van der Waals surface area contributed by atoms with Gasteiger partial charge in [-0.15, -0.1) is 0 Å². The van der Waals surface area contributed by atoms with Gasteiger partial charge in [-0.25, -0.2) is 0 Å². The van der Waals surface area contributed by atoms with Crippen LogP contribution >= 0.6 is 0 Å². The van der Waals surface area contributed by atoms with E-state index in [1.165, 1.54) is 0 Å². The molecule has 2 spiro atoms. The third kappa shape index (κ3) is 20.8. The third-order valence-electron chi connectivity index (χ3n) is 29.3. The van der Waals surface area contributed by atoms with Crippen LogP contribution in [0.1, 0.15) is 207 Å². The van der Waals surface area contributed by atoms with Gasteiger partial charge < -0.3 is 125 Å². The summed E-state index contributed by atoms with van der Waals surface area (Å²) in [5.41, 5.74) is 0.372. The first-order valence-electron chi connectivity index (χ1n) is 45.8. The SMILES string of the molecule is CC[C@H](C)[C@H]1O[C@]2(CC[C@@H]1C)C[C@@H]1C[C@@H](C/C=C(\C)[C@@H](O[C@H]3C[C@H](OC)[C@@H](O[C@H]4C[C@H](OC)[C@@H](O)[C@H](C)O4)[C@H](C)O3)[C@@H](C)/C=C/C=C3\CO[C@@H]4[C@H](O)C(C)=C[C@@H](C(=O)O1)[C@]34O)O2.CO[C@H]1C[C@H](O[C@H]2[C@H](C)O[C@@H](O[C@@H]3C(C)=CC[C@@H]4C[C@@H](C[C@]5(CC[C@H](C)[C@@H](C(C)C)O5)O4)OC(=O)[C@@H]4C=C(C)[C@@H](O)[C@H]5OCC(=CC=C[C@@H]3C)[C@]54O)C[C@@H]2OC)O[C@@H](C)[C@@H]1O. The first-order chi connectivity index (χ1) is 58.5. The number of fused-ring (bicyclic) bond motifs is 4. The lowest BCUT2D eigenvalue weighted by molar-refractivity contribution is -0.341. The second kappa shape index (κ2) is 40.7. The summed E-state index contributed by atoms with van der Waals surface area (Å²) >= 11 is 0. The molecule has 6 N–H and O–H groups in total. The molecule has 0 radical (unpaired) electrons. The first-order valence-corrected chi connectivity index (χ1v) is 45.8. The normalized spacial score (nSPS) is 48.4. The Balaban J connectivity index is 0.000000212. The predicted molar refractivity (Wildman–Crippen MR) is 450 cm³/mol. The Hall–Kier alpha value is -4.10. The molecule has 2 aliphatic carbocycles. The molecule has 14 rings (SSSR count). The van der Waals surface area contributed by atoms with Crippen LogP contribution in [0.5, 0.6) is 0 Å². The minimum absolute atomic E-state index is 0.00708. The van der Waals surface area contributed by atoms with E-state index >= 15 is 0 Å². The van der Waals surface area contributed by atoms with Crippen molar-refractivity contribution in [3.8, 4) is 0 Å². The minimum atomic E-state index is -1.82. The maximum absolute atomic E-state index is 14.4. The number of allylic oxidation sites excluding steroid dienone is 4. The Morgan fingerprint density at radius 2 is 0.846 bits per heavy atom. The van der Waals surface area contributed by atoms with Gasteiger partial charge in [0.2, 0.25) is 0 Å². The molecule has 10 saturated heterocycles. The predicted octanol–water partition coefficient (Wildman–Crippen LogP) is 10.8. The van der Waals surface area contributed by atoms with Gasteiger partial charge in [-0.05, 0) is 138 Å². The quantitative estimate of drug-likeness (QED) is 0.0655. The van der Waals surface area contributed by atoms with E-state index < -0.39 is 182 Å². The molecule has 0 amide bonds. The van der Waals surface area contributed by atoms with E-state index in [0.29, 0.717) is 117 Å². The van der Waals surface area contributed by atoms with Gasteiger partial charge in [-0.3, -0.25) is 9.59 Å². The molecule has 4 bridgehead atoms. The van der Waals surface area contributed by atoms with Crippen molar-refractivity contribution in [1.82, 2.24) is 0 Å². The maximum Gasteiger partial charge on any atom is 0.316 e. The highest BCUT2D eigenvalue weighted by atomic mass is 16.8. The van der Waals surface area contributed by atoms with E-state index in [0.717, 1.165) is 30.4 Å². The molecule has 12 aliphatic heterocycles. The Labute approximate surface area is 728 Å². The molecule has 39 atom stereocenters. The number of hydrogen-bond acceptors (Lipinski definition) is 28. The van der Waals surface area contributed by atoms with E-state index in [4.69, 9.17) is 94.7 Å². The first kappa shape index (κ1) is 96.5. The Morgan fingerprint density at radius 3 is 1.24 bits per heavy atom. The number of ether oxygens (including phenoxy) is 20. The van der Waals surface area contributed by atoms with Crippen LogP contribution in [0.25, 0.3) is 0 Å². The van der Waals surface area contributed by atoms with Crippen molar-refractivity contribution >= 4 is 11.9 Å². The van der Waals surface area contributed by atoms with Gasteiger partial charge >= 0.3 is 11.9 Å². The van der Waals surface area contributed by atoms with Crippen molar-refractivity contribution in [2.24, 2.45) is 47.3 Å². The molecular weight excluding hydrogens is 1590 g/mol. The fraction of sp³-hybridized carbons (Fsp3) is 0.811. The molecule has 12 heterocycles. The lowest BCUT2D eigenvalue weighted by Gasteiger charge is -2.51. The fourth-order valence-corrected chi connectivity index (χ4v) is 21.8. The highest BCUT2D eigenvalue weighted by molar-refractivity contribution is 5.79. The van der Waals surface area contributed by atoms with Crippen LogP contribution < -0.4 is 0 Å². The van der Waals surface area contributed by atoms with Gasteiger partial charge in [0.1, 0.15) is 84.1 Å². The van der Waals surface area contributed by atoms with Crippen LogP contribution in [0, 0.1) is 47.3 Å². The molecule has 0 aromatic heterocycles. The van der Waals surface area contributed by atoms with Crippen molar-refractivity contribution < 1.29 is 135 Å². The molecule has 0 unspecified atom stereocenters. The zero-order chi connectivity index (χ0) is 88.6. The van der Waals surface area contributed by atoms with E-state index in [1.807, 2.05) is 38.2 Å². The smallest absolute Gasteiger partial charge is 0.316 e. The van der Waals surface area contributed by atoms with Gasteiger partial charge in [-0.1, -0.05) is 123 Å². The third-order valence-corrected chi connectivity index (χ3v) is 29.3. The number of esters is 2. The summed E-state index contributed by atoms with van der Waals surface area (Å²) < 4.78 is 128. The summed E-state index contributed by atoms with van der Waals surface area (Å²) in [5.74, 6) is -4.25. The van der Waals surface area contributed by atoms with Crippen LogP contribution in [0.3, 0.4) is 0 Å². The Kier molecular flexibility index (Phi) is 31.9. The number of hydrogen-bond donors (Lipinski definition) is 6. The zero-order valence-electron chi connectivity index (χ0n) is 76.2. The van der Waals surface area contributed by atoms with Gasteiger partial charge in [-0.2, -0.15) is 0 Å². The van der Waals surface area contributed by atoms with Gasteiger partial charge in [0, 0.05) is 104 Å². The topological polar surface area (TPSA) is 340 Å². The number of rotatable bonds is 15. The summed E-state index contributed by atoms with van der Waals surface area (Å²) in [4.78, 5) is 28.7. The van der Waals surface area contributed by atoms with Gasteiger partial charge in [0.05, 0.1) is 98.7 Å². The molecule has 0 saturated carbocycles. The van der Waals surface area contributed by atoms with E-state index in [9.17, 15) is 40.2 Å². The highest BCUT2D eigenvalue weighted by Crippen LogP contribution is 2.52. The van der Waals surface area contributed by atoms with Gasteiger partial charge in [0.25, 0.3) is 0 Å². The molecule has 28 heteroatoms. The Bertz CT molecular complexity index is 3810. The molecule has 0 aromatic rings. The molecule has 0 aromatic carbocycles. The summed E-state index contributed by atoms with van der Waals surface area (Å²) in [5, 5.41) is 68.4. The van der Waals surface area contributed by atoms with Crippen LogP contribution in [-0.2, 0) is 104 Å². The van der Waals surface area contributed by atoms with Crippen molar-refractivity contribution in [2.75, 3.05) is 41.7 Å². The highest BCUT2D eigenvalue weighted by Gasteiger charge is 2.63. The lowest BCUT2D eigenvalue weighted by atomic mass is 9.71. The van der Waals surface area contributed by atoms with Crippen LogP contribution in [0.15, 0.2) is 94.2 Å². The van der Waals surface area contributed by atoms with Crippen LogP contribution in [0.4, 0.5) is 0 Å². The number of methoxy groups -OCH3 is 4. The number of carbonyl (C=O) groups excluding carboxylic acids is 2. The largest absolute Gasteiger partial charge is 0.462 e. The molecule has 10 fully saturated rings. The minimum Gasteiger partial charge on any atom is -0.462 e. The lowest BCUT2D eigenvalue weighted by Crippen LogP contribution is -2.58. The van der Waals surface area contributed by atoms with Gasteiger partial charge in [0.15, 0.2) is 36.7 Å². The molecule has 123 heavy (non-hydrogen) atoms. The average molecular weight is 1740 g/mol. The van der Waals surface area contributed by atoms with Crippen molar-refractivity contribution in [3.05, 3.63) is 94.2 Å². The number of aliphatic hydroxyl groups excluding tert-OH is 4.